The molecule has 0 aliphatic heterocycles. The fourth-order valence-corrected chi connectivity index (χ4v) is 12.9. The van der Waals surface area contributed by atoms with Gasteiger partial charge in [-0.1, -0.05) is 206 Å². The Morgan fingerprint density at radius 2 is 0.627 bits per heavy atom. The van der Waals surface area contributed by atoms with Gasteiger partial charge >= 0.3 is 0 Å². The van der Waals surface area contributed by atoms with E-state index in [2.05, 4.69) is 301 Å². The second kappa shape index (κ2) is 17.2. The smallest absolute Gasteiger partial charge is 0.0732 e. The van der Waals surface area contributed by atoms with E-state index in [-0.39, 0.29) is 0 Å². The van der Waals surface area contributed by atoms with E-state index >= 15 is 0 Å². The summed E-state index contributed by atoms with van der Waals surface area (Å²) in [5, 5.41) is 7.63. The Bertz CT molecular complexity index is 4240. The summed E-state index contributed by atoms with van der Waals surface area (Å²) < 4.78 is 0. The lowest BCUT2D eigenvalue weighted by Gasteiger charge is -2.32. The van der Waals surface area contributed by atoms with Gasteiger partial charge in [0, 0.05) is 34.1 Å². The van der Waals surface area contributed by atoms with Gasteiger partial charge in [-0.3, -0.25) is 0 Å². The Labute approximate surface area is 437 Å². The fourth-order valence-electron chi connectivity index (χ4n) is 12.9. The van der Waals surface area contributed by atoms with Crippen molar-refractivity contribution in [2.45, 2.75) is 5.41 Å². The van der Waals surface area contributed by atoms with E-state index in [0.29, 0.717) is 0 Å². The minimum atomic E-state index is -0.599. The molecule has 1 unspecified atom stereocenters. The minimum Gasteiger partial charge on any atom is -0.311 e. The van der Waals surface area contributed by atoms with Crippen molar-refractivity contribution < 1.29 is 0 Å². The molecule has 15 rings (SSSR count). The molecule has 1 atom stereocenters. The molecular formula is C73H48N2. The van der Waals surface area contributed by atoms with Gasteiger partial charge in [-0.05, 0) is 184 Å². The molecule has 0 bridgehead atoms. The third kappa shape index (κ3) is 6.53. The Balaban J connectivity index is 0.952. The highest BCUT2D eigenvalue weighted by atomic mass is 15.1. The topological polar surface area (TPSA) is 6.48 Å². The van der Waals surface area contributed by atoms with Crippen LogP contribution in [0.25, 0.3) is 76.8 Å². The lowest BCUT2D eigenvalue weighted by atomic mass is 9.68. The molecule has 13 aromatic rings. The molecule has 13 aromatic carbocycles. The SMILES string of the molecule is c1ccc(N(c2ccccc2)c2ccc(-c3ccc4c(c3)C3(c5ccccc5-4)c4ccccc4-c4c3c3c5ccccc5c(-c5ccc(N(c6ccccc6)c6ccccc6)cc5)cc3c3ccccc43)cc2)cc1. The molecule has 0 amide bonds. The van der Waals surface area contributed by atoms with Crippen LogP contribution in [0.1, 0.15) is 22.3 Å². The maximum atomic E-state index is 2.52. The van der Waals surface area contributed by atoms with E-state index in [1.165, 1.54) is 99.1 Å². The largest absolute Gasteiger partial charge is 0.311 e. The van der Waals surface area contributed by atoms with Gasteiger partial charge in [0.05, 0.1) is 5.41 Å². The summed E-state index contributed by atoms with van der Waals surface area (Å²) in [4.78, 5) is 4.66. The summed E-state index contributed by atoms with van der Waals surface area (Å²) in [7, 11) is 0. The van der Waals surface area contributed by atoms with E-state index in [0.717, 1.165) is 34.1 Å². The molecule has 0 heterocycles. The Kier molecular flexibility index (Phi) is 9.83. The lowest BCUT2D eigenvalue weighted by Crippen LogP contribution is -2.26. The number of nitrogens with zero attached hydrogens (tertiary/aromatic N) is 2. The highest BCUT2D eigenvalue weighted by Crippen LogP contribution is 2.66. The molecule has 2 aliphatic carbocycles. The van der Waals surface area contributed by atoms with Crippen LogP contribution >= 0.6 is 0 Å². The van der Waals surface area contributed by atoms with Crippen LogP contribution in [-0.4, -0.2) is 0 Å². The molecule has 2 nitrogen and oxygen atoms in total. The van der Waals surface area contributed by atoms with Crippen LogP contribution in [-0.2, 0) is 5.41 Å². The third-order valence-electron chi connectivity index (χ3n) is 16.0. The molecule has 0 saturated carbocycles. The molecule has 350 valence electrons. The lowest BCUT2D eigenvalue weighted by molar-refractivity contribution is 0.802. The van der Waals surface area contributed by atoms with Gasteiger partial charge in [0.15, 0.2) is 0 Å². The Morgan fingerprint density at radius 3 is 1.19 bits per heavy atom. The van der Waals surface area contributed by atoms with Crippen molar-refractivity contribution in [2.24, 2.45) is 0 Å². The number of rotatable bonds is 8. The molecule has 75 heavy (non-hydrogen) atoms. The standard InChI is InChI=1S/C73H48N2/c1-5-21-52(22-6-1)74(53-23-7-2-8-24-53)56-42-37-49(38-43-56)51-41-46-61-60-31-17-19-35-67(60)73(69(61)47-51)68-36-20-18-34-64(68)70-63-33-16-14-30-59(63)66-48-65(58-29-13-15-32-62(58)71(66)72(70)73)50-39-44-57(45-40-50)75(54-25-9-3-10-26-54)55-27-11-4-12-28-55/h1-48H. The van der Waals surface area contributed by atoms with E-state index in [4.69, 9.17) is 0 Å². The molecular weight excluding hydrogens is 905 g/mol. The summed E-state index contributed by atoms with van der Waals surface area (Å²) in [5.41, 5.74) is 21.5. The summed E-state index contributed by atoms with van der Waals surface area (Å²) in [5.74, 6) is 0. The van der Waals surface area contributed by atoms with E-state index in [9.17, 15) is 0 Å². The van der Waals surface area contributed by atoms with Gasteiger partial charge in [-0.2, -0.15) is 0 Å². The van der Waals surface area contributed by atoms with Crippen LogP contribution in [0.5, 0.6) is 0 Å². The van der Waals surface area contributed by atoms with Gasteiger partial charge in [-0.25, -0.2) is 0 Å². The summed E-state index contributed by atoms with van der Waals surface area (Å²) in [6.07, 6.45) is 0. The van der Waals surface area contributed by atoms with Crippen molar-refractivity contribution in [3.63, 3.8) is 0 Å². The third-order valence-corrected chi connectivity index (χ3v) is 16.0. The minimum absolute atomic E-state index is 0.599. The van der Waals surface area contributed by atoms with Gasteiger partial charge in [0.25, 0.3) is 0 Å². The predicted octanol–water partition coefficient (Wildman–Crippen LogP) is 19.8. The van der Waals surface area contributed by atoms with Gasteiger partial charge < -0.3 is 9.80 Å². The van der Waals surface area contributed by atoms with Crippen LogP contribution in [0, 0.1) is 0 Å². The van der Waals surface area contributed by atoms with Crippen LogP contribution in [0.15, 0.2) is 291 Å². The monoisotopic (exact) mass is 952 g/mol. The highest BCUT2D eigenvalue weighted by Gasteiger charge is 2.53. The van der Waals surface area contributed by atoms with Crippen molar-refractivity contribution in [3.05, 3.63) is 313 Å². The molecule has 2 aliphatic rings. The average Bonchev–Trinajstić information content (AvgIpc) is 4.00. The quantitative estimate of drug-likeness (QED) is 0.140. The van der Waals surface area contributed by atoms with Gasteiger partial charge in [0.2, 0.25) is 0 Å². The average molecular weight is 953 g/mol. The zero-order valence-electron chi connectivity index (χ0n) is 41.1. The first-order valence-electron chi connectivity index (χ1n) is 26.0. The first-order valence-corrected chi connectivity index (χ1v) is 26.0. The van der Waals surface area contributed by atoms with E-state index in [1.54, 1.807) is 0 Å². The molecule has 0 N–H and O–H groups in total. The molecule has 0 saturated heterocycles. The highest BCUT2D eigenvalue weighted by molar-refractivity contribution is 6.28. The molecule has 0 aromatic heterocycles. The molecule has 1 spiro atoms. The van der Waals surface area contributed by atoms with Crippen molar-refractivity contribution in [1.29, 1.82) is 0 Å². The number of hydrogen-bond acceptors (Lipinski definition) is 2. The Morgan fingerprint density at radius 1 is 0.227 bits per heavy atom. The van der Waals surface area contributed by atoms with Crippen molar-refractivity contribution in [2.75, 3.05) is 9.80 Å². The number of benzene rings is 13. The first kappa shape index (κ1) is 42.9. The van der Waals surface area contributed by atoms with Crippen LogP contribution in [0.3, 0.4) is 0 Å². The van der Waals surface area contributed by atoms with E-state index in [1.807, 2.05) is 0 Å². The number of hydrogen-bond donors (Lipinski definition) is 0. The van der Waals surface area contributed by atoms with Gasteiger partial charge in [-0.15, -0.1) is 0 Å². The maximum absolute atomic E-state index is 2.52. The first-order chi connectivity index (χ1) is 37.2. The summed E-state index contributed by atoms with van der Waals surface area (Å²) >= 11 is 0. The van der Waals surface area contributed by atoms with Crippen LogP contribution < -0.4 is 9.80 Å². The normalized spacial score (nSPS) is 13.9. The second-order valence-electron chi connectivity index (χ2n) is 19.9. The molecule has 0 fully saturated rings. The van der Waals surface area contributed by atoms with Crippen molar-refractivity contribution >= 4 is 66.4 Å². The number of anilines is 6. The summed E-state index contributed by atoms with van der Waals surface area (Å²) in [6, 6.07) is 107. The zero-order chi connectivity index (χ0) is 49.5. The number of para-hydroxylation sites is 4. The van der Waals surface area contributed by atoms with Crippen LogP contribution in [0.2, 0.25) is 0 Å². The predicted molar refractivity (Wildman–Crippen MR) is 315 cm³/mol. The molecule has 2 heteroatoms. The van der Waals surface area contributed by atoms with Crippen molar-refractivity contribution in [3.8, 4) is 44.5 Å². The zero-order valence-corrected chi connectivity index (χ0v) is 41.1. The Hall–Kier alpha value is -9.76. The van der Waals surface area contributed by atoms with E-state index < -0.39 is 5.41 Å². The maximum Gasteiger partial charge on any atom is 0.0732 e. The van der Waals surface area contributed by atoms with Crippen molar-refractivity contribution in [1.82, 2.24) is 0 Å². The molecule has 0 radical (unpaired) electrons. The fraction of sp³-hybridized carbons (Fsp3) is 0.0137. The van der Waals surface area contributed by atoms with Crippen LogP contribution in [0.4, 0.5) is 34.1 Å². The van der Waals surface area contributed by atoms with Gasteiger partial charge in [0.1, 0.15) is 0 Å². The summed E-state index contributed by atoms with van der Waals surface area (Å²) in [6.45, 7) is 0. The number of fused-ring (bicyclic) bond motifs is 17. The second-order valence-corrected chi connectivity index (χ2v) is 19.9.